The molecule has 1 aliphatic heterocycles. The van der Waals surface area contributed by atoms with Gasteiger partial charge < -0.3 is 15.0 Å². The number of likely N-dealkylation sites (tertiary alicyclic amines) is 1. The second-order valence-corrected chi connectivity index (χ2v) is 11.1. The van der Waals surface area contributed by atoms with Gasteiger partial charge in [-0.3, -0.25) is 9.59 Å². The van der Waals surface area contributed by atoms with E-state index in [1.165, 1.54) is 11.3 Å². The molecule has 9 heteroatoms. The fourth-order valence-corrected chi connectivity index (χ4v) is 6.83. The number of nitrogens with zero attached hydrogens (tertiary/aromatic N) is 2. The van der Waals surface area contributed by atoms with Crippen molar-refractivity contribution in [3.8, 4) is 5.75 Å². The summed E-state index contributed by atoms with van der Waals surface area (Å²) in [5.74, 6) is 1.43. The SMILES string of the molecule is COc1ccccc1CSc1nc2ccc(NC(=O)C3CCCN3C(=O)c3cccs3)cc2s1. The van der Waals surface area contributed by atoms with Gasteiger partial charge >= 0.3 is 0 Å². The van der Waals surface area contributed by atoms with Crippen molar-refractivity contribution in [1.82, 2.24) is 9.88 Å². The molecule has 1 unspecified atom stereocenters. The number of rotatable bonds is 7. The van der Waals surface area contributed by atoms with Crippen molar-refractivity contribution < 1.29 is 14.3 Å². The van der Waals surface area contributed by atoms with Gasteiger partial charge in [0.25, 0.3) is 5.91 Å². The normalized spacial score (nSPS) is 15.6. The van der Waals surface area contributed by atoms with Gasteiger partial charge in [0, 0.05) is 23.5 Å². The molecule has 0 bridgehead atoms. The minimum atomic E-state index is -0.446. The van der Waals surface area contributed by atoms with E-state index in [1.54, 1.807) is 35.1 Å². The van der Waals surface area contributed by atoms with Crippen LogP contribution in [-0.4, -0.2) is 41.4 Å². The van der Waals surface area contributed by atoms with E-state index >= 15 is 0 Å². The third kappa shape index (κ3) is 4.82. The molecule has 1 fully saturated rings. The van der Waals surface area contributed by atoms with E-state index in [-0.39, 0.29) is 11.8 Å². The van der Waals surface area contributed by atoms with Crippen LogP contribution in [0.5, 0.6) is 5.75 Å². The Bertz CT molecular complexity index is 1320. The summed E-state index contributed by atoms with van der Waals surface area (Å²) in [6.45, 7) is 0.607. The van der Waals surface area contributed by atoms with Crippen LogP contribution in [0.25, 0.3) is 10.2 Å². The average molecular weight is 510 g/mol. The standard InChI is InChI=1S/C25H23N3O3S3/c1-31-20-8-3-2-6-16(20)15-33-25-27-18-11-10-17(14-22(18)34-25)26-23(29)19-7-4-12-28(19)24(30)21-9-5-13-32-21/h2-3,5-6,8-11,13-14,19H,4,7,12,15H2,1H3,(H,26,29). The molecule has 3 heterocycles. The second kappa shape index (κ2) is 10.2. The Kier molecular flexibility index (Phi) is 6.85. The molecule has 1 atom stereocenters. The fourth-order valence-electron chi connectivity index (χ4n) is 4.05. The lowest BCUT2D eigenvalue weighted by atomic mass is 10.2. The predicted molar refractivity (Wildman–Crippen MR) is 139 cm³/mol. The lowest BCUT2D eigenvalue weighted by molar-refractivity contribution is -0.119. The molecular weight excluding hydrogens is 486 g/mol. The first-order chi connectivity index (χ1) is 16.6. The first-order valence-corrected chi connectivity index (χ1v) is 13.6. The van der Waals surface area contributed by atoms with E-state index in [0.29, 0.717) is 17.8 Å². The first kappa shape index (κ1) is 22.9. The van der Waals surface area contributed by atoms with Crippen molar-refractivity contribution in [3.05, 3.63) is 70.4 Å². The summed E-state index contributed by atoms with van der Waals surface area (Å²) in [6.07, 6.45) is 1.51. The monoisotopic (exact) mass is 509 g/mol. The van der Waals surface area contributed by atoms with Crippen molar-refractivity contribution in [3.63, 3.8) is 0 Å². The highest BCUT2D eigenvalue weighted by Crippen LogP contribution is 2.34. The van der Waals surface area contributed by atoms with Crippen LogP contribution in [-0.2, 0) is 10.5 Å². The van der Waals surface area contributed by atoms with Crippen LogP contribution >= 0.6 is 34.4 Å². The molecule has 0 spiro atoms. The zero-order valence-corrected chi connectivity index (χ0v) is 21.0. The highest BCUT2D eigenvalue weighted by molar-refractivity contribution is 8.00. The molecule has 0 aliphatic carbocycles. The smallest absolute Gasteiger partial charge is 0.264 e. The first-order valence-electron chi connectivity index (χ1n) is 10.9. The number of benzene rings is 2. The zero-order chi connectivity index (χ0) is 23.5. The molecular formula is C25H23N3O3S3. The van der Waals surface area contributed by atoms with Crippen LogP contribution in [0, 0.1) is 0 Å². The largest absolute Gasteiger partial charge is 0.496 e. The van der Waals surface area contributed by atoms with Crippen LogP contribution in [0.1, 0.15) is 28.1 Å². The topological polar surface area (TPSA) is 71.5 Å². The maximum atomic E-state index is 13.0. The van der Waals surface area contributed by atoms with Gasteiger partial charge in [0.05, 0.1) is 22.2 Å². The number of hydrogen-bond acceptors (Lipinski definition) is 7. The molecule has 0 saturated carbocycles. The molecule has 2 aromatic heterocycles. The van der Waals surface area contributed by atoms with Gasteiger partial charge in [-0.15, -0.1) is 22.7 Å². The number of hydrogen-bond donors (Lipinski definition) is 1. The molecule has 1 saturated heterocycles. The van der Waals surface area contributed by atoms with Gasteiger partial charge in [-0.1, -0.05) is 36.0 Å². The third-order valence-electron chi connectivity index (χ3n) is 5.73. The number of nitrogens with one attached hydrogen (secondary N) is 1. The molecule has 6 nitrogen and oxygen atoms in total. The van der Waals surface area contributed by atoms with Gasteiger partial charge in [-0.05, 0) is 48.6 Å². The van der Waals surface area contributed by atoms with E-state index in [4.69, 9.17) is 9.72 Å². The van der Waals surface area contributed by atoms with E-state index < -0.39 is 6.04 Å². The molecule has 0 radical (unpaired) electrons. The molecule has 5 rings (SSSR count). The van der Waals surface area contributed by atoms with Crippen LogP contribution < -0.4 is 10.1 Å². The molecule has 1 aliphatic rings. The number of thioether (sulfide) groups is 1. The number of anilines is 1. The van der Waals surface area contributed by atoms with Gasteiger partial charge in [0.2, 0.25) is 5.91 Å². The zero-order valence-electron chi connectivity index (χ0n) is 18.5. The minimum Gasteiger partial charge on any atom is -0.496 e. The van der Waals surface area contributed by atoms with E-state index in [1.807, 2.05) is 53.9 Å². The number of aromatic nitrogens is 1. The van der Waals surface area contributed by atoms with E-state index in [2.05, 4.69) is 11.4 Å². The predicted octanol–water partition coefficient (Wildman–Crippen LogP) is 5.90. The van der Waals surface area contributed by atoms with Gasteiger partial charge in [-0.25, -0.2) is 4.98 Å². The summed E-state index contributed by atoms with van der Waals surface area (Å²) >= 11 is 4.68. The number of para-hydroxylation sites is 1. The Balaban J connectivity index is 1.26. The van der Waals surface area contributed by atoms with Gasteiger partial charge in [0.15, 0.2) is 4.34 Å². The Labute approximate surface area is 210 Å². The molecule has 34 heavy (non-hydrogen) atoms. The van der Waals surface area contributed by atoms with Crippen LogP contribution in [0.2, 0.25) is 0 Å². The van der Waals surface area contributed by atoms with E-state index in [0.717, 1.165) is 43.7 Å². The number of thiazole rings is 1. The van der Waals surface area contributed by atoms with Crippen molar-refractivity contribution in [2.45, 2.75) is 29.0 Å². The molecule has 174 valence electrons. The van der Waals surface area contributed by atoms with Crippen molar-refractivity contribution in [2.24, 2.45) is 0 Å². The second-order valence-electron chi connectivity index (χ2n) is 7.89. The summed E-state index contributed by atoms with van der Waals surface area (Å²) in [5.41, 5.74) is 2.75. The maximum Gasteiger partial charge on any atom is 0.264 e. The van der Waals surface area contributed by atoms with E-state index in [9.17, 15) is 9.59 Å². The summed E-state index contributed by atoms with van der Waals surface area (Å²) in [4.78, 5) is 32.9. The Morgan fingerprint density at radius 3 is 2.91 bits per heavy atom. The highest BCUT2D eigenvalue weighted by atomic mass is 32.2. The third-order valence-corrected chi connectivity index (χ3v) is 8.80. The lowest BCUT2D eigenvalue weighted by Crippen LogP contribution is -2.42. The molecule has 2 aromatic carbocycles. The van der Waals surface area contributed by atoms with Crippen LogP contribution in [0.3, 0.4) is 0 Å². The number of carbonyl (C=O) groups is 2. The summed E-state index contributed by atoms with van der Waals surface area (Å²) in [7, 11) is 1.68. The minimum absolute atomic E-state index is 0.0673. The lowest BCUT2D eigenvalue weighted by Gasteiger charge is -2.23. The van der Waals surface area contributed by atoms with Crippen molar-refractivity contribution >= 4 is 62.2 Å². The number of amides is 2. The Hall–Kier alpha value is -2.88. The fraction of sp³-hybridized carbons (Fsp3) is 0.240. The Morgan fingerprint density at radius 2 is 2.09 bits per heavy atom. The number of methoxy groups -OCH3 is 1. The average Bonchev–Trinajstić information content (AvgIpc) is 3.62. The maximum absolute atomic E-state index is 13.0. The van der Waals surface area contributed by atoms with Crippen molar-refractivity contribution in [1.29, 1.82) is 0 Å². The number of carbonyl (C=O) groups excluding carboxylic acids is 2. The molecule has 1 N–H and O–H groups in total. The van der Waals surface area contributed by atoms with Gasteiger partial charge in [0.1, 0.15) is 11.8 Å². The van der Waals surface area contributed by atoms with Gasteiger partial charge in [-0.2, -0.15) is 0 Å². The molecule has 2 amide bonds. The quantitative estimate of drug-likeness (QED) is 0.314. The Morgan fingerprint density at radius 1 is 1.21 bits per heavy atom. The summed E-state index contributed by atoms with van der Waals surface area (Å²) in [6, 6.07) is 17.0. The van der Waals surface area contributed by atoms with Crippen molar-refractivity contribution in [2.75, 3.05) is 19.0 Å². The summed E-state index contributed by atoms with van der Waals surface area (Å²) in [5, 5.41) is 4.89. The number of fused-ring (bicyclic) bond motifs is 1. The van der Waals surface area contributed by atoms with Crippen LogP contribution in [0.4, 0.5) is 5.69 Å². The highest BCUT2D eigenvalue weighted by Gasteiger charge is 2.35. The molecule has 4 aromatic rings. The number of ether oxygens (including phenoxy) is 1. The summed E-state index contributed by atoms with van der Waals surface area (Å²) < 4.78 is 7.41. The van der Waals surface area contributed by atoms with Crippen LogP contribution in [0.15, 0.2) is 64.3 Å². The number of thiophene rings is 1.